The minimum Gasteiger partial charge on any atom is -0.447 e. The zero-order valence-corrected chi connectivity index (χ0v) is 16.5. The Hall–Kier alpha value is -1.60. The van der Waals surface area contributed by atoms with Crippen molar-refractivity contribution in [2.45, 2.75) is 37.1 Å². The van der Waals surface area contributed by atoms with E-state index in [4.69, 9.17) is 27.9 Å². The number of hydrogen-bond acceptors (Lipinski definition) is 3. The van der Waals surface area contributed by atoms with Crippen LogP contribution in [0.1, 0.15) is 31.2 Å². The molecule has 1 spiro atoms. The van der Waals surface area contributed by atoms with Gasteiger partial charge in [-0.15, -0.1) is 0 Å². The van der Waals surface area contributed by atoms with Crippen LogP contribution in [0.2, 0.25) is 10.0 Å². The van der Waals surface area contributed by atoms with Gasteiger partial charge in [-0.2, -0.15) is 0 Å². The minimum absolute atomic E-state index is 0.0296. The largest absolute Gasteiger partial charge is 0.447 e. The van der Waals surface area contributed by atoms with Crippen molar-refractivity contribution < 1.29 is 23.1 Å². The molecule has 0 radical (unpaired) electrons. The summed E-state index contributed by atoms with van der Waals surface area (Å²) >= 11 is 11.8. The first kappa shape index (κ1) is 19.7. The summed E-state index contributed by atoms with van der Waals surface area (Å²) in [7, 11) is 0. The number of halogens is 4. The molecule has 2 amide bonds. The monoisotopic (exact) mass is 432 g/mol. The maximum absolute atomic E-state index is 15.0. The predicted octanol–water partition coefficient (Wildman–Crippen LogP) is 4.21. The smallest absolute Gasteiger partial charge is 0.407 e. The van der Waals surface area contributed by atoms with Gasteiger partial charge in [-0.05, 0) is 37.8 Å². The number of cyclic esters (lactones) is 1. The maximum atomic E-state index is 15.0. The molecule has 4 rings (SSSR count). The molecule has 2 heterocycles. The molecule has 1 N–H and O–H groups in total. The van der Waals surface area contributed by atoms with Crippen molar-refractivity contribution in [3.05, 3.63) is 33.8 Å². The number of piperidine rings is 1. The number of nitrogens with one attached hydrogen (secondary N) is 1. The second-order valence-corrected chi connectivity index (χ2v) is 8.78. The average molecular weight is 433 g/mol. The number of benzene rings is 1. The Morgan fingerprint density at radius 2 is 1.93 bits per heavy atom. The zero-order valence-electron chi connectivity index (χ0n) is 15.0. The number of nitrogens with zero attached hydrogens (tertiary/aromatic N) is 1. The topological polar surface area (TPSA) is 58.6 Å². The molecule has 1 saturated carbocycles. The third kappa shape index (κ3) is 3.43. The van der Waals surface area contributed by atoms with E-state index < -0.39 is 23.5 Å². The summed E-state index contributed by atoms with van der Waals surface area (Å²) in [5.41, 5.74) is -0.644. The zero-order chi connectivity index (χ0) is 20.1. The molecule has 3 fully saturated rings. The van der Waals surface area contributed by atoms with Gasteiger partial charge in [-0.1, -0.05) is 29.3 Å². The number of amides is 2. The van der Waals surface area contributed by atoms with Crippen LogP contribution < -0.4 is 5.32 Å². The van der Waals surface area contributed by atoms with E-state index in [1.165, 1.54) is 18.2 Å². The fraction of sp³-hybridized carbons (Fsp3) is 0.579. The molecule has 2 aliphatic heterocycles. The van der Waals surface area contributed by atoms with Gasteiger partial charge in [0.05, 0.1) is 10.6 Å². The Morgan fingerprint density at radius 3 is 2.50 bits per heavy atom. The van der Waals surface area contributed by atoms with Crippen LogP contribution in [0, 0.1) is 11.8 Å². The van der Waals surface area contributed by atoms with Crippen LogP contribution in [0.4, 0.5) is 13.6 Å². The van der Waals surface area contributed by atoms with Gasteiger partial charge in [0.1, 0.15) is 6.61 Å². The van der Waals surface area contributed by atoms with E-state index in [9.17, 15) is 18.4 Å². The summed E-state index contributed by atoms with van der Waals surface area (Å²) in [5, 5.41) is 3.02. The Bertz CT molecular complexity index is 806. The van der Waals surface area contributed by atoms with E-state index in [1.807, 2.05) is 0 Å². The van der Waals surface area contributed by atoms with Gasteiger partial charge in [0.25, 0.3) is 5.92 Å². The van der Waals surface area contributed by atoms with Gasteiger partial charge in [0, 0.05) is 35.5 Å². The molecule has 3 aliphatic rings. The minimum atomic E-state index is -3.08. The lowest BCUT2D eigenvalue weighted by Gasteiger charge is -2.45. The summed E-state index contributed by atoms with van der Waals surface area (Å²) < 4.78 is 34.8. The van der Waals surface area contributed by atoms with Crippen molar-refractivity contribution in [3.63, 3.8) is 0 Å². The molecular formula is C19H20Cl2F2N2O3. The number of likely N-dealkylation sites (tertiary alicyclic amines) is 1. The highest BCUT2D eigenvalue weighted by molar-refractivity contribution is 6.35. The van der Waals surface area contributed by atoms with Crippen molar-refractivity contribution in [3.8, 4) is 0 Å². The summed E-state index contributed by atoms with van der Waals surface area (Å²) in [5.74, 6) is -4.18. The van der Waals surface area contributed by atoms with E-state index in [2.05, 4.69) is 5.32 Å². The summed E-state index contributed by atoms with van der Waals surface area (Å²) in [4.78, 5) is 25.5. The van der Waals surface area contributed by atoms with Gasteiger partial charge in [0.2, 0.25) is 5.91 Å². The van der Waals surface area contributed by atoms with Crippen LogP contribution in [-0.4, -0.2) is 42.1 Å². The number of carbonyl (C=O) groups excluding carboxylic acids is 2. The second kappa shape index (κ2) is 7.02. The second-order valence-electron chi connectivity index (χ2n) is 7.93. The number of alkyl carbamates (subject to hydrolysis) is 1. The molecule has 0 unspecified atom stereocenters. The number of rotatable bonds is 3. The quantitative estimate of drug-likeness (QED) is 0.777. The summed E-state index contributed by atoms with van der Waals surface area (Å²) in [6, 6.07) is 4.00. The Kier molecular flexibility index (Phi) is 4.94. The fourth-order valence-corrected chi connectivity index (χ4v) is 5.01. The SMILES string of the molecule is O=C1N[C@]2(CO1)C[C@H](C(=O)N1CCC(C(F)(F)c3ccc(Cl)cc3Cl)CC1)C2. The van der Waals surface area contributed by atoms with Crippen molar-refractivity contribution in [1.29, 1.82) is 0 Å². The third-order valence-electron chi connectivity index (χ3n) is 6.08. The lowest BCUT2D eigenvalue weighted by molar-refractivity contribution is -0.146. The van der Waals surface area contributed by atoms with Crippen molar-refractivity contribution in [2.75, 3.05) is 19.7 Å². The fourth-order valence-electron chi connectivity index (χ4n) is 4.47. The Balaban J connectivity index is 1.34. The van der Waals surface area contributed by atoms with Crippen LogP contribution in [0.5, 0.6) is 0 Å². The predicted molar refractivity (Wildman–Crippen MR) is 99.6 cm³/mol. The Morgan fingerprint density at radius 1 is 1.25 bits per heavy atom. The van der Waals surface area contributed by atoms with Gasteiger partial charge >= 0.3 is 6.09 Å². The summed E-state index contributed by atoms with van der Waals surface area (Å²) in [6.45, 7) is 0.860. The highest BCUT2D eigenvalue weighted by Crippen LogP contribution is 2.46. The molecule has 0 aromatic heterocycles. The lowest BCUT2D eigenvalue weighted by Crippen LogP contribution is -2.59. The van der Waals surface area contributed by atoms with E-state index in [0.29, 0.717) is 17.9 Å². The molecule has 28 heavy (non-hydrogen) atoms. The first-order valence-electron chi connectivity index (χ1n) is 9.27. The van der Waals surface area contributed by atoms with Crippen LogP contribution >= 0.6 is 23.2 Å². The normalized spacial score (nSPS) is 28.1. The number of alkyl halides is 2. The molecule has 9 heteroatoms. The highest BCUT2D eigenvalue weighted by atomic mass is 35.5. The van der Waals surface area contributed by atoms with Gasteiger partial charge in [-0.25, -0.2) is 13.6 Å². The number of ether oxygens (including phenoxy) is 1. The van der Waals surface area contributed by atoms with Gasteiger partial charge < -0.3 is 15.0 Å². The van der Waals surface area contributed by atoms with Crippen LogP contribution in [0.15, 0.2) is 18.2 Å². The highest BCUT2D eigenvalue weighted by Gasteiger charge is 2.54. The van der Waals surface area contributed by atoms with Crippen LogP contribution in [0.25, 0.3) is 0 Å². The Labute approximate surface area is 171 Å². The van der Waals surface area contributed by atoms with Crippen molar-refractivity contribution in [2.24, 2.45) is 11.8 Å². The maximum Gasteiger partial charge on any atom is 0.407 e. The number of hydrogen-bond donors (Lipinski definition) is 1. The van der Waals surface area contributed by atoms with Crippen molar-refractivity contribution >= 4 is 35.2 Å². The molecule has 2 saturated heterocycles. The van der Waals surface area contributed by atoms with E-state index >= 15 is 0 Å². The molecule has 152 valence electrons. The molecule has 0 atom stereocenters. The molecule has 1 aliphatic carbocycles. The average Bonchev–Trinajstić information content (AvgIpc) is 3.02. The molecule has 0 bridgehead atoms. The van der Waals surface area contributed by atoms with Gasteiger partial charge in [0.15, 0.2) is 0 Å². The molecule has 5 nitrogen and oxygen atoms in total. The molecule has 1 aromatic carbocycles. The van der Waals surface area contributed by atoms with E-state index in [-0.39, 0.29) is 54.9 Å². The standard InChI is InChI=1S/C19H20Cl2F2N2O3/c20-13-1-2-14(15(21)7-13)19(22,23)12-3-5-25(6-4-12)16(26)11-8-18(9-11)10-28-17(27)24-18/h1-2,7,11-12H,3-6,8-10H2,(H,24,27)/t11-,18+. The first-order chi connectivity index (χ1) is 13.2. The van der Waals surface area contributed by atoms with Gasteiger partial charge in [-0.3, -0.25) is 4.79 Å². The lowest BCUT2D eigenvalue weighted by atomic mass is 9.68. The van der Waals surface area contributed by atoms with E-state index in [1.54, 1.807) is 4.90 Å². The van der Waals surface area contributed by atoms with Crippen LogP contribution in [0.3, 0.4) is 0 Å². The number of carbonyl (C=O) groups is 2. The molecular weight excluding hydrogens is 413 g/mol. The van der Waals surface area contributed by atoms with Crippen molar-refractivity contribution in [1.82, 2.24) is 10.2 Å². The third-order valence-corrected chi connectivity index (χ3v) is 6.63. The van der Waals surface area contributed by atoms with E-state index in [0.717, 1.165) is 0 Å². The molecule has 1 aromatic rings. The first-order valence-corrected chi connectivity index (χ1v) is 10.0. The van der Waals surface area contributed by atoms with Crippen LogP contribution in [-0.2, 0) is 15.5 Å². The summed E-state index contributed by atoms with van der Waals surface area (Å²) in [6.07, 6.45) is 1.03.